The SMILES string of the molecule is C=CC(C(=C)Cl)=C(Cl)CC(=O)O. The number of carbonyl (C=O) groups is 1. The van der Waals surface area contributed by atoms with Crippen LogP contribution in [0.5, 0.6) is 0 Å². The molecule has 0 aromatic heterocycles. The van der Waals surface area contributed by atoms with Gasteiger partial charge in [-0.2, -0.15) is 0 Å². The van der Waals surface area contributed by atoms with Crippen molar-refractivity contribution >= 4 is 29.2 Å². The summed E-state index contributed by atoms with van der Waals surface area (Å²) in [5.74, 6) is -1.02. The summed E-state index contributed by atoms with van der Waals surface area (Å²) in [7, 11) is 0. The van der Waals surface area contributed by atoms with Crippen LogP contribution in [0, 0.1) is 0 Å². The van der Waals surface area contributed by atoms with E-state index in [2.05, 4.69) is 13.2 Å². The summed E-state index contributed by atoms with van der Waals surface area (Å²) in [4.78, 5) is 10.2. The molecule has 0 amide bonds. The van der Waals surface area contributed by atoms with Crippen molar-refractivity contribution in [2.45, 2.75) is 6.42 Å². The van der Waals surface area contributed by atoms with Gasteiger partial charge in [0, 0.05) is 15.6 Å². The van der Waals surface area contributed by atoms with Crippen LogP contribution in [0.15, 0.2) is 34.9 Å². The summed E-state index contributed by atoms with van der Waals surface area (Å²) in [6, 6.07) is 0. The summed E-state index contributed by atoms with van der Waals surface area (Å²) in [6.07, 6.45) is 1.11. The first-order valence-corrected chi connectivity index (χ1v) is 3.82. The van der Waals surface area contributed by atoms with Gasteiger partial charge in [-0.1, -0.05) is 42.4 Å². The molecule has 0 spiro atoms. The van der Waals surface area contributed by atoms with Gasteiger partial charge in [0.05, 0.1) is 6.42 Å². The van der Waals surface area contributed by atoms with E-state index in [0.29, 0.717) is 5.57 Å². The summed E-state index contributed by atoms with van der Waals surface area (Å²) in [6.45, 7) is 6.84. The lowest BCUT2D eigenvalue weighted by Gasteiger charge is -2.01. The summed E-state index contributed by atoms with van der Waals surface area (Å²) < 4.78 is 0. The maximum Gasteiger partial charge on any atom is 0.308 e. The minimum atomic E-state index is -1.02. The Bertz CT molecular complexity index is 254. The molecule has 0 aliphatic carbocycles. The van der Waals surface area contributed by atoms with Gasteiger partial charge in [-0.15, -0.1) is 0 Å². The molecule has 0 aromatic rings. The lowest BCUT2D eigenvalue weighted by Crippen LogP contribution is -1.95. The third-order valence-electron chi connectivity index (χ3n) is 1.10. The number of rotatable bonds is 4. The molecule has 12 heavy (non-hydrogen) atoms. The summed E-state index contributed by atoms with van der Waals surface area (Å²) >= 11 is 11.1. The molecule has 0 rings (SSSR count). The molecular formula is C8H8Cl2O2. The second-order valence-electron chi connectivity index (χ2n) is 2.00. The van der Waals surface area contributed by atoms with Gasteiger partial charge in [-0.3, -0.25) is 4.79 Å². The topological polar surface area (TPSA) is 37.3 Å². The van der Waals surface area contributed by atoms with E-state index in [1.54, 1.807) is 0 Å². The zero-order chi connectivity index (χ0) is 9.72. The molecule has 0 atom stereocenters. The lowest BCUT2D eigenvalue weighted by molar-refractivity contribution is -0.136. The summed E-state index contributed by atoms with van der Waals surface area (Å²) in [5, 5.41) is 8.71. The molecule has 0 unspecified atom stereocenters. The second kappa shape index (κ2) is 5.01. The highest BCUT2D eigenvalue weighted by Crippen LogP contribution is 2.22. The molecular weight excluding hydrogens is 199 g/mol. The van der Waals surface area contributed by atoms with Crippen molar-refractivity contribution in [1.29, 1.82) is 0 Å². The van der Waals surface area contributed by atoms with Crippen molar-refractivity contribution in [3.8, 4) is 0 Å². The van der Waals surface area contributed by atoms with Crippen LogP contribution < -0.4 is 0 Å². The predicted octanol–water partition coefficient (Wildman–Crippen LogP) is 2.89. The van der Waals surface area contributed by atoms with Crippen LogP contribution in [0.4, 0.5) is 0 Å². The lowest BCUT2D eigenvalue weighted by atomic mass is 10.2. The zero-order valence-corrected chi connectivity index (χ0v) is 7.82. The normalized spacial score (nSPS) is 11.8. The van der Waals surface area contributed by atoms with E-state index in [-0.39, 0.29) is 16.5 Å². The van der Waals surface area contributed by atoms with Crippen LogP contribution in [0.2, 0.25) is 0 Å². The van der Waals surface area contributed by atoms with Gasteiger partial charge < -0.3 is 5.11 Å². The van der Waals surface area contributed by atoms with Crippen molar-refractivity contribution in [3.63, 3.8) is 0 Å². The molecule has 66 valence electrons. The fourth-order valence-electron chi connectivity index (χ4n) is 0.597. The average molecular weight is 207 g/mol. The monoisotopic (exact) mass is 206 g/mol. The molecule has 1 N–H and O–H groups in total. The van der Waals surface area contributed by atoms with Crippen molar-refractivity contribution < 1.29 is 9.90 Å². The Morgan fingerprint density at radius 3 is 2.25 bits per heavy atom. The van der Waals surface area contributed by atoms with E-state index in [1.807, 2.05) is 0 Å². The molecule has 4 heteroatoms. The minimum absolute atomic E-state index is 0.137. The Labute approximate surface area is 80.8 Å². The molecule has 0 heterocycles. The Hall–Kier alpha value is -0.730. The van der Waals surface area contributed by atoms with Crippen molar-refractivity contribution in [1.82, 2.24) is 0 Å². The van der Waals surface area contributed by atoms with E-state index in [0.717, 1.165) is 0 Å². The number of hydrogen-bond acceptors (Lipinski definition) is 1. The molecule has 0 aliphatic rings. The minimum Gasteiger partial charge on any atom is -0.481 e. The third kappa shape index (κ3) is 3.60. The largest absolute Gasteiger partial charge is 0.481 e. The fourth-order valence-corrected chi connectivity index (χ4v) is 1.14. The first kappa shape index (κ1) is 11.3. The number of aliphatic carboxylic acids is 1. The van der Waals surface area contributed by atoms with Crippen molar-refractivity contribution in [2.75, 3.05) is 0 Å². The van der Waals surface area contributed by atoms with E-state index < -0.39 is 5.97 Å². The second-order valence-corrected chi connectivity index (χ2v) is 2.91. The zero-order valence-electron chi connectivity index (χ0n) is 6.31. The van der Waals surface area contributed by atoms with Gasteiger partial charge in [-0.05, 0) is 0 Å². The standard InChI is InChI=1S/C8H8Cl2O2/c1-3-6(5(2)9)7(10)4-8(11)12/h3H,1-2,4H2,(H,11,12). The fraction of sp³-hybridized carbons (Fsp3) is 0.125. The highest BCUT2D eigenvalue weighted by Gasteiger charge is 2.07. The van der Waals surface area contributed by atoms with Crippen LogP contribution in [-0.4, -0.2) is 11.1 Å². The number of halogens is 2. The quantitative estimate of drug-likeness (QED) is 0.719. The van der Waals surface area contributed by atoms with Gasteiger partial charge >= 0.3 is 5.97 Å². The molecule has 0 aromatic carbocycles. The van der Waals surface area contributed by atoms with Crippen LogP contribution in [0.1, 0.15) is 6.42 Å². The Kier molecular flexibility index (Phi) is 4.71. The summed E-state index contributed by atoms with van der Waals surface area (Å²) in [5.41, 5.74) is 0.376. The first-order chi connectivity index (χ1) is 5.49. The molecule has 0 radical (unpaired) electrons. The highest BCUT2D eigenvalue weighted by molar-refractivity contribution is 6.36. The number of carboxylic acid groups (broad SMARTS) is 1. The Morgan fingerprint density at radius 2 is 2.00 bits per heavy atom. The van der Waals surface area contributed by atoms with Crippen molar-refractivity contribution in [2.24, 2.45) is 0 Å². The highest BCUT2D eigenvalue weighted by atomic mass is 35.5. The van der Waals surface area contributed by atoms with Gasteiger partial charge in [-0.25, -0.2) is 0 Å². The number of hydrogen-bond donors (Lipinski definition) is 1. The van der Waals surface area contributed by atoms with Gasteiger partial charge in [0.1, 0.15) is 0 Å². The predicted molar refractivity (Wildman–Crippen MR) is 50.3 cm³/mol. The van der Waals surface area contributed by atoms with Gasteiger partial charge in [0.2, 0.25) is 0 Å². The Balaban J connectivity index is 4.72. The maximum atomic E-state index is 10.2. The van der Waals surface area contributed by atoms with Crippen LogP contribution >= 0.6 is 23.2 Å². The molecule has 0 aliphatic heterocycles. The molecule has 0 fully saturated rings. The molecule has 0 saturated carbocycles. The molecule has 0 saturated heterocycles. The van der Waals surface area contributed by atoms with Crippen LogP contribution in [0.25, 0.3) is 0 Å². The van der Waals surface area contributed by atoms with Crippen molar-refractivity contribution in [3.05, 3.63) is 34.9 Å². The average Bonchev–Trinajstić information content (AvgIpc) is 1.85. The van der Waals surface area contributed by atoms with E-state index in [4.69, 9.17) is 28.3 Å². The third-order valence-corrected chi connectivity index (χ3v) is 1.64. The Morgan fingerprint density at radius 1 is 1.50 bits per heavy atom. The number of carboxylic acids is 1. The number of allylic oxidation sites excluding steroid dienone is 3. The van der Waals surface area contributed by atoms with Crippen LogP contribution in [0.3, 0.4) is 0 Å². The van der Waals surface area contributed by atoms with E-state index in [1.165, 1.54) is 6.08 Å². The molecule has 2 nitrogen and oxygen atoms in total. The molecule has 0 bridgehead atoms. The maximum absolute atomic E-state index is 10.2. The van der Waals surface area contributed by atoms with Gasteiger partial charge in [0.25, 0.3) is 0 Å². The van der Waals surface area contributed by atoms with E-state index in [9.17, 15) is 4.79 Å². The van der Waals surface area contributed by atoms with E-state index >= 15 is 0 Å². The van der Waals surface area contributed by atoms with Crippen LogP contribution in [-0.2, 0) is 4.79 Å². The van der Waals surface area contributed by atoms with Gasteiger partial charge in [0.15, 0.2) is 0 Å². The first-order valence-electron chi connectivity index (χ1n) is 3.06. The smallest absolute Gasteiger partial charge is 0.308 e.